The van der Waals surface area contributed by atoms with Gasteiger partial charge in [-0.1, -0.05) is 39.0 Å². The van der Waals surface area contributed by atoms with Crippen LogP contribution in [-0.4, -0.2) is 12.6 Å². The summed E-state index contributed by atoms with van der Waals surface area (Å²) < 4.78 is 0. The van der Waals surface area contributed by atoms with E-state index in [2.05, 4.69) is 16.7 Å². The average Bonchev–Trinajstić information content (AvgIpc) is 2.09. The van der Waals surface area contributed by atoms with Crippen molar-refractivity contribution in [2.75, 3.05) is 6.61 Å². The molecule has 0 aliphatic rings. The van der Waals surface area contributed by atoms with Crippen molar-refractivity contribution in [3.63, 3.8) is 0 Å². The predicted molar refractivity (Wildman–Crippen MR) is 51.1 cm³/mol. The molecule has 0 aliphatic heterocycles. The molecule has 0 unspecified atom stereocenters. The van der Waals surface area contributed by atoms with Crippen molar-refractivity contribution in [2.24, 2.45) is 0 Å². The molecule has 0 spiro atoms. The topological polar surface area (TPSA) is 35.5 Å². The molecular formula is C10H20O3. The molecule has 0 fully saturated rings. The standard InChI is InChI=1S/C10H20O3/c1-3-4-5-6-7-8-9-12-13-10(2)11/h3-9H2,1-2H3. The summed E-state index contributed by atoms with van der Waals surface area (Å²) in [5.41, 5.74) is 0. The molecule has 0 saturated carbocycles. The van der Waals surface area contributed by atoms with Gasteiger partial charge in [0.05, 0.1) is 6.61 Å². The third kappa shape index (κ3) is 11.4. The van der Waals surface area contributed by atoms with Crippen LogP contribution in [0.2, 0.25) is 0 Å². The molecule has 3 nitrogen and oxygen atoms in total. The Labute approximate surface area is 80.3 Å². The summed E-state index contributed by atoms with van der Waals surface area (Å²) in [6.45, 7) is 4.05. The van der Waals surface area contributed by atoms with Gasteiger partial charge in [-0.25, -0.2) is 4.79 Å². The minimum absolute atomic E-state index is 0.383. The summed E-state index contributed by atoms with van der Waals surface area (Å²) in [5, 5.41) is 0. The smallest absolute Gasteiger partial charge is 0.299 e. The zero-order valence-electron chi connectivity index (χ0n) is 8.67. The van der Waals surface area contributed by atoms with E-state index in [1.165, 1.54) is 32.6 Å². The summed E-state index contributed by atoms with van der Waals surface area (Å²) in [6.07, 6.45) is 7.24. The largest absolute Gasteiger partial charge is 0.339 e. The molecule has 0 radical (unpaired) electrons. The molecule has 0 amide bonds. The fraction of sp³-hybridized carbons (Fsp3) is 0.900. The molecule has 0 rings (SSSR count). The Morgan fingerprint density at radius 1 is 1.08 bits per heavy atom. The lowest BCUT2D eigenvalue weighted by Crippen LogP contribution is -2.01. The van der Waals surface area contributed by atoms with Gasteiger partial charge >= 0.3 is 5.97 Å². The Kier molecular flexibility index (Phi) is 9.10. The fourth-order valence-electron chi connectivity index (χ4n) is 1.07. The summed E-state index contributed by atoms with van der Waals surface area (Å²) in [4.78, 5) is 19.3. The quantitative estimate of drug-likeness (QED) is 0.334. The summed E-state index contributed by atoms with van der Waals surface area (Å²) in [5.74, 6) is -0.383. The lowest BCUT2D eigenvalue weighted by Gasteiger charge is -2.01. The molecule has 3 heteroatoms. The fourth-order valence-corrected chi connectivity index (χ4v) is 1.07. The van der Waals surface area contributed by atoms with E-state index in [1.54, 1.807) is 0 Å². The molecule has 0 aromatic rings. The van der Waals surface area contributed by atoms with Gasteiger partial charge in [0.1, 0.15) is 0 Å². The van der Waals surface area contributed by atoms with Gasteiger partial charge in [-0.15, -0.1) is 0 Å². The maximum absolute atomic E-state index is 10.3. The first-order valence-corrected chi connectivity index (χ1v) is 5.07. The Balaban J connectivity index is 2.87. The molecule has 0 N–H and O–H groups in total. The summed E-state index contributed by atoms with van der Waals surface area (Å²) in [6, 6.07) is 0. The normalized spacial score (nSPS) is 10.0. The van der Waals surface area contributed by atoms with Gasteiger partial charge in [0, 0.05) is 6.92 Å². The Bertz CT molecular complexity index is 123. The zero-order chi connectivity index (χ0) is 9.94. The molecule has 0 heterocycles. The van der Waals surface area contributed by atoms with E-state index in [0.29, 0.717) is 6.61 Å². The van der Waals surface area contributed by atoms with Crippen molar-refractivity contribution in [3.05, 3.63) is 0 Å². The molecular weight excluding hydrogens is 168 g/mol. The van der Waals surface area contributed by atoms with Crippen molar-refractivity contribution < 1.29 is 14.6 Å². The molecule has 0 saturated heterocycles. The van der Waals surface area contributed by atoms with Gasteiger partial charge in [0.25, 0.3) is 0 Å². The van der Waals surface area contributed by atoms with E-state index in [-0.39, 0.29) is 5.97 Å². The highest BCUT2D eigenvalue weighted by Gasteiger charge is 1.94. The molecule has 78 valence electrons. The van der Waals surface area contributed by atoms with Crippen molar-refractivity contribution in [3.8, 4) is 0 Å². The predicted octanol–water partition coefficient (Wildman–Crippen LogP) is 2.84. The molecule has 0 aromatic heterocycles. The molecule has 0 aromatic carbocycles. The van der Waals surface area contributed by atoms with Crippen LogP contribution in [0, 0.1) is 0 Å². The van der Waals surface area contributed by atoms with Gasteiger partial charge in [-0.3, -0.25) is 4.89 Å². The number of carbonyl (C=O) groups is 1. The zero-order valence-corrected chi connectivity index (χ0v) is 8.67. The van der Waals surface area contributed by atoms with E-state index in [9.17, 15) is 4.79 Å². The van der Waals surface area contributed by atoms with Crippen molar-refractivity contribution in [1.82, 2.24) is 0 Å². The highest BCUT2D eigenvalue weighted by atomic mass is 17.2. The van der Waals surface area contributed by atoms with Crippen LogP contribution in [0.4, 0.5) is 0 Å². The van der Waals surface area contributed by atoms with Gasteiger partial charge in [0.2, 0.25) is 0 Å². The maximum atomic E-state index is 10.3. The Morgan fingerprint density at radius 3 is 2.31 bits per heavy atom. The Morgan fingerprint density at radius 2 is 1.69 bits per heavy atom. The van der Waals surface area contributed by atoms with Crippen LogP contribution in [0.15, 0.2) is 0 Å². The molecule has 13 heavy (non-hydrogen) atoms. The van der Waals surface area contributed by atoms with Crippen molar-refractivity contribution in [2.45, 2.75) is 52.4 Å². The third-order valence-corrected chi connectivity index (χ3v) is 1.76. The molecule has 0 bridgehead atoms. The second-order valence-corrected chi connectivity index (χ2v) is 3.16. The van der Waals surface area contributed by atoms with Gasteiger partial charge in [-0.05, 0) is 6.42 Å². The summed E-state index contributed by atoms with van der Waals surface area (Å²) in [7, 11) is 0. The average molecular weight is 188 g/mol. The van der Waals surface area contributed by atoms with Gasteiger partial charge < -0.3 is 0 Å². The van der Waals surface area contributed by atoms with E-state index in [0.717, 1.165) is 12.8 Å². The van der Waals surface area contributed by atoms with E-state index in [1.807, 2.05) is 0 Å². The number of hydrogen-bond donors (Lipinski definition) is 0. The number of unbranched alkanes of at least 4 members (excludes halogenated alkanes) is 5. The minimum Gasteiger partial charge on any atom is -0.299 e. The van der Waals surface area contributed by atoms with Crippen molar-refractivity contribution >= 4 is 5.97 Å². The number of hydrogen-bond acceptors (Lipinski definition) is 3. The van der Waals surface area contributed by atoms with E-state index >= 15 is 0 Å². The highest BCUT2D eigenvalue weighted by molar-refractivity contribution is 5.65. The van der Waals surface area contributed by atoms with Crippen LogP contribution < -0.4 is 0 Å². The first-order valence-electron chi connectivity index (χ1n) is 5.07. The van der Waals surface area contributed by atoms with Crippen LogP contribution in [-0.2, 0) is 14.6 Å². The van der Waals surface area contributed by atoms with Gasteiger partial charge in [0.15, 0.2) is 0 Å². The number of rotatable bonds is 8. The highest BCUT2D eigenvalue weighted by Crippen LogP contribution is 2.04. The first-order chi connectivity index (χ1) is 6.27. The lowest BCUT2D eigenvalue weighted by molar-refractivity contribution is -0.270. The number of carbonyl (C=O) groups excluding carboxylic acids is 1. The monoisotopic (exact) mass is 188 g/mol. The first kappa shape index (κ1) is 12.4. The minimum atomic E-state index is -0.383. The summed E-state index contributed by atoms with van der Waals surface area (Å²) >= 11 is 0. The van der Waals surface area contributed by atoms with Crippen LogP contribution in [0.5, 0.6) is 0 Å². The second-order valence-electron chi connectivity index (χ2n) is 3.16. The molecule has 0 atom stereocenters. The molecule has 0 aliphatic carbocycles. The lowest BCUT2D eigenvalue weighted by atomic mass is 10.1. The van der Waals surface area contributed by atoms with Gasteiger partial charge in [-0.2, -0.15) is 4.89 Å². The van der Waals surface area contributed by atoms with Crippen LogP contribution in [0.25, 0.3) is 0 Å². The van der Waals surface area contributed by atoms with E-state index in [4.69, 9.17) is 0 Å². The maximum Gasteiger partial charge on any atom is 0.339 e. The van der Waals surface area contributed by atoms with E-state index < -0.39 is 0 Å². The van der Waals surface area contributed by atoms with Crippen molar-refractivity contribution in [1.29, 1.82) is 0 Å². The Hall–Kier alpha value is -0.570. The van der Waals surface area contributed by atoms with Crippen LogP contribution in [0.1, 0.15) is 52.4 Å². The SMILES string of the molecule is CCCCCCCCOOC(C)=O. The van der Waals surface area contributed by atoms with Crippen LogP contribution >= 0.6 is 0 Å². The second kappa shape index (κ2) is 9.52. The van der Waals surface area contributed by atoms with Crippen LogP contribution in [0.3, 0.4) is 0 Å². The third-order valence-electron chi connectivity index (χ3n) is 1.76.